The molecule has 0 bridgehead atoms. The summed E-state index contributed by atoms with van der Waals surface area (Å²) in [5.74, 6) is -2.19. The third-order valence-electron chi connectivity index (χ3n) is 6.65. The van der Waals surface area contributed by atoms with Crippen LogP contribution in [-0.2, 0) is 20.4 Å². The van der Waals surface area contributed by atoms with Gasteiger partial charge in [0.15, 0.2) is 9.84 Å². The van der Waals surface area contributed by atoms with Crippen molar-refractivity contribution in [2.45, 2.75) is 11.8 Å². The largest absolute Gasteiger partial charge is 0.371 e. The fraction of sp³-hybridized carbons (Fsp3) is 0.259. The Hall–Kier alpha value is -3.99. The Bertz CT molecular complexity index is 1460. The van der Waals surface area contributed by atoms with Gasteiger partial charge in [-0.3, -0.25) is 9.59 Å². The molecule has 0 saturated carbocycles. The number of fused-ring (bicyclic) bond motifs is 1. The summed E-state index contributed by atoms with van der Waals surface area (Å²) in [7, 11) is -3.67. The number of rotatable bonds is 6. The quantitative estimate of drug-likeness (QED) is 0.498. The summed E-state index contributed by atoms with van der Waals surface area (Å²) in [6, 6.07) is 15.3. The molecule has 1 saturated heterocycles. The van der Waals surface area contributed by atoms with Crippen LogP contribution in [0.2, 0.25) is 0 Å². The van der Waals surface area contributed by atoms with Crippen molar-refractivity contribution >= 4 is 38.7 Å². The fourth-order valence-corrected chi connectivity index (χ4v) is 6.21. The molecule has 0 aromatic heterocycles. The first-order chi connectivity index (χ1) is 18.2. The van der Waals surface area contributed by atoms with Crippen molar-refractivity contribution in [3.63, 3.8) is 0 Å². The lowest BCUT2D eigenvalue weighted by Crippen LogP contribution is -2.49. The number of carbonyl (C=O) groups is 2. The Morgan fingerprint density at radius 2 is 1.50 bits per heavy atom. The smallest absolute Gasteiger partial charge is 0.254 e. The average Bonchev–Trinajstić information content (AvgIpc) is 2.90. The monoisotopic (exact) mass is 540 g/mol. The zero-order chi connectivity index (χ0) is 26.9. The highest BCUT2D eigenvalue weighted by Gasteiger charge is 2.31. The van der Waals surface area contributed by atoms with E-state index in [1.807, 2.05) is 0 Å². The number of nitrogens with one attached hydrogen (secondary N) is 2. The van der Waals surface area contributed by atoms with Crippen molar-refractivity contribution in [3.05, 3.63) is 89.5 Å². The van der Waals surface area contributed by atoms with E-state index in [0.29, 0.717) is 48.7 Å². The third-order valence-corrected chi connectivity index (χ3v) is 8.26. The van der Waals surface area contributed by atoms with Crippen LogP contribution in [0.4, 0.5) is 25.8 Å². The van der Waals surface area contributed by atoms with Crippen molar-refractivity contribution in [1.29, 1.82) is 0 Å². The molecule has 5 rings (SSSR count). The standard InChI is InChI=1S/C27H26F2N4O4S/c28-20-4-1-18(2-5-20)16-38(36,37)17-25-26(34)31-24-15-19(3-10-23(24)30-25)27(35)33-13-11-32(12-14-33)22-8-6-21(29)7-9-22/h1-10,15,25,30H,11-14,16-17H2,(H,31,34). The van der Waals surface area contributed by atoms with Gasteiger partial charge in [-0.1, -0.05) is 12.1 Å². The third kappa shape index (κ3) is 5.77. The van der Waals surface area contributed by atoms with E-state index in [1.54, 1.807) is 35.2 Å². The number of piperazine rings is 1. The molecule has 3 aromatic rings. The Morgan fingerprint density at radius 1 is 0.868 bits per heavy atom. The first-order valence-corrected chi connectivity index (χ1v) is 14.0. The molecule has 3 aromatic carbocycles. The van der Waals surface area contributed by atoms with E-state index >= 15 is 0 Å². The maximum Gasteiger partial charge on any atom is 0.254 e. The van der Waals surface area contributed by atoms with Gasteiger partial charge in [0.1, 0.15) is 17.7 Å². The van der Waals surface area contributed by atoms with Gasteiger partial charge in [0.2, 0.25) is 5.91 Å². The predicted octanol–water partition coefficient (Wildman–Crippen LogP) is 3.27. The molecule has 8 nitrogen and oxygen atoms in total. The van der Waals surface area contributed by atoms with E-state index in [9.17, 15) is 26.8 Å². The van der Waals surface area contributed by atoms with Gasteiger partial charge >= 0.3 is 0 Å². The molecule has 2 amide bonds. The second kappa shape index (κ2) is 10.4. The van der Waals surface area contributed by atoms with Gasteiger partial charge in [-0.25, -0.2) is 17.2 Å². The molecule has 2 aliphatic heterocycles. The van der Waals surface area contributed by atoms with Crippen LogP contribution in [0.25, 0.3) is 0 Å². The maximum atomic E-state index is 13.2. The van der Waals surface area contributed by atoms with Crippen molar-refractivity contribution < 1.29 is 26.8 Å². The summed E-state index contributed by atoms with van der Waals surface area (Å²) < 4.78 is 51.7. The molecule has 0 aliphatic carbocycles. The minimum atomic E-state index is -3.67. The van der Waals surface area contributed by atoms with Gasteiger partial charge in [-0.05, 0) is 60.2 Å². The average molecular weight is 541 g/mol. The van der Waals surface area contributed by atoms with Crippen LogP contribution in [0, 0.1) is 11.6 Å². The summed E-state index contributed by atoms with van der Waals surface area (Å²) in [6.45, 7) is 2.20. The highest BCUT2D eigenvalue weighted by Crippen LogP contribution is 2.29. The number of halogens is 2. The Kier molecular flexibility index (Phi) is 7.02. The van der Waals surface area contributed by atoms with Gasteiger partial charge in [-0.15, -0.1) is 0 Å². The van der Waals surface area contributed by atoms with E-state index in [4.69, 9.17) is 0 Å². The SMILES string of the molecule is O=C1Nc2cc(C(=O)N3CCN(c4ccc(F)cc4)CC3)ccc2NC1CS(=O)(=O)Cc1ccc(F)cc1. The lowest BCUT2D eigenvalue weighted by molar-refractivity contribution is -0.116. The lowest BCUT2D eigenvalue weighted by Gasteiger charge is -2.36. The molecule has 11 heteroatoms. The lowest BCUT2D eigenvalue weighted by atomic mass is 10.1. The van der Waals surface area contributed by atoms with Crippen molar-refractivity contribution in [2.75, 3.05) is 47.5 Å². The van der Waals surface area contributed by atoms with Crippen LogP contribution in [-0.4, -0.2) is 63.1 Å². The first-order valence-electron chi connectivity index (χ1n) is 12.1. The van der Waals surface area contributed by atoms with E-state index in [0.717, 1.165) is 5.69 Å². The molecular formula is C27H26F2N4O4S. The number of sulfone groups is 1. The summed E-state index contributed by atoms with van der Waals surface area (Å²) in [5.41, 5.74) is 2.66. The topological polar surface area (TPSA) is 98.8 Å². The molecule has 2 aliphatic rings. The molecule has 38 heavy (non-hydrogen) atoms. The molecule has 1 unspecified atom stereocenters. The normalized spacial score (nSPS) is 17.4. The van der Waals surface area contributed by atoms with Crippen LogP contribution in [0.1, 0.15) is 15.9 Å². The Labute approximate surface area is 219 Å². The summed E-state index contributed by atoms with van der Waals surface area (Å²) in [5, 5.41) is 5.67. The number of benzene rings is 3. The number of hydrogen-bond donors (Lipinski definition) is 2. The molecular weight excluding hydrogens is 514 g/mol. The minimum Gasteiger partial charge on any atom is -0.371 e. The molecule has 2 heterocycles. The van der Waals surface area contributed by atoms with Gasteiger partial charge in [0.25, 0.3) is 5.91 Å². The zero-order valence-corrected chi connectivity index (χ0v) is 21.2. The second-order valence-electron chi connectivity index (χ2n) is 9.38. The summed E-state index contributed by atoms with van der Waals surface area (Å²) >= 11 is 0. The summed E-state index contributed by atoms with van der Waals surface area (Å²) in [4.78, 5) is 29.6. The van der Waals surface area contributed by atoms with E-state index in [2.05, 4.69) is 15.5 Å². The molecule has 1 atom stereocenters. The van der Waals surface area contributed by atoms with Crippen LogP contribution < -0.4 is 15.5 Å². The van der Waals surface area contributed by atoms with E-state index < -0.39 is 33.4 Å². The molecule has 1 fully saturated rings. The number of carbonyl (C=O) groups excluding carboxylic acids is 2. The number of hydrogen-bond acceptors (Lipinski definition) is 6. The van der Waals surface area contributed by atoms with Gasteiger partial charge in [0.05, 0.1) is 22.9 Å². The van der Waals surface area contributed by atoms with Gasteiger partial charge in [0, 0.05) is 37.4 Å². The fourth-order valence-electron chi connectivity index (χ4n) is 4.65. The summed E-state index contributed by atoms with van der Waals surface area (Å²) in [6.07, 6.45) is 0. The van der Waals surface area contributed by atoms with Gasteiger partial charge in [-0.2, -0.15) is 0 Å². The molecule has 0 spiro atoms. The van der Waals surface area contributed by atoms with Crippen molar-refractivity contribution in [1.82, 2.24) is 4.90 Å². The predicted molar refractivity (Wildman–Crippen MR) is 141 cm³/mol. The highest BCUT2D eigenvalue weighted by molar-refractivity contribution is 7.90. The van der Waals surface area contributed by atoms with Crippen molar-refractivity contribution in [2.24, 2.45) is 0 Å². The van der Waals surface area contributed by atoms with Crippen LogP contribution in [0.15, 0.2) is 66.7 Å². The van der Waals surface area contributed by atoms with Crippen LogP contribution in [0.3, 0.4) is 0 Å². The first kappa shape index (κ1) is 25.7. The minimum absolute atomic E-state index is 0.176. The Balaban J connectivity index is 1.21. The van der Waals surface area contributed by atoms with Crippen LogP contribution in [0.5, 0.6) is 0 Å². The molecule has 0 radical (unpaired) electrons. The highest BCUT2D eigenvalue weighted by atomic mass is 32.2. The Morgan fingerprint density at radius 3 is 2.16 bits per heavy atom. The zero-order valence-electron chi connectivity index (χ0n) is 20.4. The van der Waals surface area contributed by atoms with E-state index in [1.165, 1.54) is 36.4 Å². The van der Waals surface area contributed by atoms with Crippen molar-refractivity contribution in [3.8, 4) is 0 Å². The number of nitrogens with zero attached hydrogens (tertiary/aromatic N) is 2. The van der Waals surface area contributed by atoms with E-state index in [-0.39, 0.29) is 17.5 Å². The number of amides is 2. The van der Waals surface area contributed by atoms with Gasteiger partial charge < -0.3 is 20.4 Å². The molecule has 198 valence electrons. The molecule has 2 N–H and O–H groups in total. The maximum absolute atomic E-state index is 13.2. The van der Waals surface area contributed by atoms with Crippen LogP contribution >= 0.6 is 0 Å². The number of anilines is 3. The second-order valence-corrected chi connectivity index (χ2v) is 11.5.